The first-order chi connectivity index (χ1) is 30.3. The Morgan fingerprint density at radius 2 is 1.70 bits per heavy atom. The molecule has 1 unspecified atom stereocenters. The average molecular weight is 897 g/mol. The molecule has 1 aromatic heterocycles. The summed E-state index contributed by atoms with van der Waals surface area (Å²) < 4.78 is 32.0. The Hall–Kier alpha value is -5.58. The Bertz CT molecular complexity index is 2520. The molecule has 3 aromatic carbocycles. The van der Waals surface area contributed by atoms with Crippen molar-refractivity contribution in [2.45, 2.75) is 81.1 Å². The van der Waals surface area contributed by atoms with Crippen LogP contribution in [0, 0.1) is 0 Å². The average Bonchev–Trinajstić information content (AvgIpc) is 3.62. The maximum atomic E-state index is 13.4. The van der Waals surface area contributed by atoms with Gasteiger partial charge in [-0.05, 0) is 62.9 Å². The number of halogens is 1. The highest BCUT2D eigenvalue weighted by Gasteiger charge is 2.40. The standard InChI is InChI=1S/C46H53ClN8O7S/c1-29(2)63(60,61)41-10-5-4-7-31(41)23-38-36(47)26-49-42(50-38)24-30-11-12-33(25-40(30)62-3)52-17-15-32(16-18-52)53-19-21-54(22-20-53)44(57)27-48-37-9-6-8-34-35(37)28-55(46(34)59)39-13-14-43(56)51-45(39)58/h4-12,25-26,29,32,39,48H,13-24,27-28H2,1-3H3,(H,51,56,58). The zero-order valence-corrected chi connectivity index (χ0v) is 37.4. The van der Waals surface area contributed by atoms with Crippen LogP contribution in [0.25, 0.3) is 0 Å². The predicted octanol–water partition coefficient (Wildman–Crippen LogP) is 4.49. The molecule has 5 heterocycles. The highest BCUT2D eigenvalue weighted by atomic mass is 35.5. The molecule has 332 valence electrons. The summed E-state index contributed by atoms with van der Waals surface area (Å²) in [5, 5.41) is 5.42. The number of rotatable bonds is 13. The first-order valence-corrected chi connectivity index (χ1v) is 23.5. The lowest BCUT2D eigenvalue weighted by atomic mass is 10.0. The number of nitrogens with one attached hydrogen (secondary N) is 2. The van der Waals surface area contributed by atoms with Gasteiger partial charge in [0.25, 0.3) is 5.91 Å². The van der Waals surface area contributed by atoms with Crippen molar-refractivity contribution in [1.29, 1.82) is 0 Å². The number of aromatic nitrogens is 2. The fourth-order valence-electron chi connectivity index (χ4n) is 9.12. The second kappa shape index (κ2) is 18.6. The molecule has 63 heavy (non-hydrogen) atoms. The van der Waals surface area contributed by atoms with Gasteiger partial charge in [0.1, 0.15) is 17.6 Å². The Balaban J connectivity index is 0.817. The number of ether oxygens (including phenoxy) is 1. The van der Waals surface area contributed by atoms with Crippen molar-refractivity contribution >= 4 is 56.4 Å². The van der Waals surface area contributed by atoms with Crippen molar-refractivity contribution in [3.63, 3.8) is 0 Å². The summed E-state index contributed by atoms with van der Waals surface area (Å²) in [7, 11) is -1.84. The number of benzene rings is 3. The van der Waals surface area contributed by atoms with Crippen molar-refractivity contribution in [1.82, 2.24) is 30.0 Å². The van der Waals surface area contributed by atoms with Crippen LogP contribution in [0.5, 0.6) is 5.75 Å². The van der Waals surface area contributed by atoms with E-state index >= 15 is 0 Å². The lowest BCUT2D eigenvalue weighted by Crippen LogP contribution is -2.55. The van der Waals surface area contributed by atoms with E-state index in [9.17, 15) is 27.6 Å². The number of hydrogen-bond donors (Lipinski definition) is 2. The maximum absolute atomic E-state index is 13.4. The van der Waals surface area contributed by atoms with E-state index in [4.69, 9.17) is 21.3 Å². The van der Waals surface area contributed by atoms with Gasteiger partial charge in [-0.15, -0.1) is 0 Å². The topological polar surface area (TPSA) is 174 Å². The molecule has 0 bridgehead atoms. The summed E-state index contributed by atoms with van der Waals surface area (Å²) in [5.74, 6) is 0.262. The van der Waals surface area contributed by atoms with Gasteiger partial charge in [-0.1, -0.05) is 41.9 Å². The van der Waals surface area contributed by atoms with E-state index in [1.54, 1.807) is 57.5 Å². The van der Waals surface area contributed by atoms with Gasteiger partial charge in [-0.2, -0.15) is 0 Å². The number of carbonyl (C=O) groups excluding carboxylic acids is 4. The number of fused-ring (bicyclic) bond motifs is 1. The molecule has 8 rings (SSSR count). The Labute approximate surface area is 373 Å². The molecule has 2 N–H and O–H groups in total. The largest absolute Gasteiger partial charge is 0.496 e. The molecule has 0 saturated carbocycles. The Kier molecular flexibility index (Phi) is 13.0. The molecule has 1 atom stereocenters. The van der Waals surface area contributed by atoms with Crippen molar-refractivity contribution in [3.8, 4) is 5.75 Å². The van der Waals surface area contributed by atoms with Gasteiger partial charge in [0, 0.05) is 111 Å². The van der Waals surface area contributed by atoms with Crippen LogP contribution in [0.4, 0.5) is 11.4 Å². The lowest BCUT2D eigenvalue weighted by Gasteiger charge is -2.43. The number of hydrogen-bond acceptors (Lipinski definition) is 12. The number of piperazine rings is 1. The molecule has 15 nitrogen and oxygen atoms in total. The minimum atomic E-state index is -3.50. The summed E-state index contributed by atoms with van der Waals surface area (Å²) in [4.78, 5) is 68.6. The van der Waals surface area contributed by atoms with Crippen LogP contribution in [0.1, 0.15) is 78.1 Å². The van der Waals surface area contributed by atoms with Gasteiger partial charge in [-0.3, -0.25) is 29.4 Å². The summed E-state index contributed by atoms with van der Waals surface area (Å²) >= 11 is 6.55. The quantitative estimate of drug-likeness (QED) is 0.181. The van der Waals surface area contributed by atoms with E-state index in [2.05, 4.69) is 37.6 Å². The number of nitrogens with zero attached hydrogens (tertiary/aromatic N) is 6. The molecule has 4 amide bonds. The SMILES string of the molecule is COc1cc(N2CCC(N3CCN(C(=O)CNc4cccc5c4CN(C4CCC(=O)NC4=O)C5=O)CC3)CC2)ccc1Cc1ncc(Cl)c(Cc2ccccc2S(=O)(=O)C(C)C)n1. The van der Waals surface area contributed by atoms with Crippen molar-refractivity contribution in [2.75, 3.05) is 63.1 Å². The second-order valence-corrected chi connectivity index (χ2v) is 19.7. The van der Waals surface area contributed by atoms with Crippen LogP contribution in [-0.2, 0) is 43.6 Å². The van der Waals surface area contributed by atoms with E-state index < -0.39 is 27.0 Å². The van der Waals surface area contributed by atoms with E-state index in [1.807, 2.05) is 23.1 Å². The van der Waals surface area contributed by atoms with Crippen molar-refractivity contribution < 1.29 is 32.3 Å². The predicted molar refractivity (Wildman–Crippen MR) is 239 cm³/mol. The number of sulfone groups is 1. The number of carbonyl (C=O) groups is 4. The molecular formula is C46H53ClN8O7S. The van der Waals surface area contributed by atoms with Crippen LogP contribution < -0.4 is 20.3 Å². The molecule has 3 saturated heterocycles. The van der Waals surface area contributed by atoms with Crippen LogP contribution in [0.15, 0.2) is 71.8 Å². The zero-order chi connectivity index (χ0) is 44.4. The summed E-state index contributed by atoms with van der Waals surface area (Å²) in [5.41, 5.74) is 5.16. The van der Waals surface area contributed by atoms with E-state index in [-0.39, 0.29) is 48.5 Å². The van der Waals surface area contributed by atoms with E-state index in [0.29, 0.717) is 65.3 Å². The maximum Gasteiger partial charge on any atom is 0.255 e. The first-order valence-electron chi connectivity index (χ1n) is 21.6. The van der Waals surface area contributed by atoms with Crippen molar-refractivity contribution in [2.24, 2.45) is 0 Å². The third-order valence-electron chi connectivity index (χ3n) is 12.8. The second-order valence-electron chi connectivity index (χ2n) is 16.9. The van der Waals surface area contributed by atoms with Gasteiger partial charge in [0.2, 0.25) is 17.7 Å². The lowest BCUT2D eigenvalue weighted by molar-refractivity contribution is -0.137. The Morgan fingerprint density at radius 3 is 2.43 bits per heavy atom. The number of anilines is 2. The molecule has 0 spiro atoms. The minimum absolute atomic E-state index is 0.00520. The smallest absolute Gasteiger partial charge is 0.255 e. The van der Waals surface area contributed by atoms with E-state index in [1.165, 1.54) is 4.90 Å². The molecule has 4 aliphatic rings. The van der Waals surface area contributed by atoms with Gasteiger partial charge < -0.3 is 24.8 Å². The monoisotopic (exact) mass is 896 g/mol. The highest BCUT2D eigenvalue weighted by Crippen LogP contribution is 2.34. The van der Waals surface area contributed by atoms with Gasteiger partial charge >= 0.3 is 0 Å². The molecule has 4 aromatic rings. The number of piperidine rings is 2. The number of amides is 4. The third-order valence-corrected chi connectivity index (χ3v) is 15.3. The summed E-state index contributed by atoms with van der Waals surface area (Å²) in [6.45, 7) is 8.33. The molecule has 4 aliphatic heterocycles. The van der Waals surface area contributed by atoms with Crippen LogP contribution in [-0.4, -0.2) is 127 Å². The molecule has 0 aliphatic carbocycles. The third kappa shape index (κ3) is 9.39. The summed E-state index contributed by atoms with van der Waals surface area (Å²) in [6, 6.07) is 18.3. The molecule has 0 radical (unpaired) electrons. The zero-order valence-electron chi connectivity index (χ0n) is 35.8. The van der Waals surface area contributed by atoms with Crippen LogP contribution in [0.3, 0.4) is 0 Å². The summed E-state index contributed by atoms with van der Waals surface area (Å²) in [6.07, 6.45) is 4.71. The fraction of sp³-hybridized carbons (Fsp3) is 0.435. The van der Waals surface area contributed by atoms with Gasteiger partial charge in [0.15, 0.2) is 9.84 Å². The minimum Gasteiger partial charge on any atom is -0.496 e. The van der Waals surface area contributed by atoms with Crippen molar-refractivity contribution in [3.05, 3.63) is 106 Å². The van der Waals surface area contributed by atoms with Gasteiger partial charge in [0.05, 0.1) is 34.5 Å². The first kappa shape index (κ1) is 44.0. The molecule has 3 fully saturated rings. The number of imide groups is 1. The molecular weight excluding hydrogens is 844 g/mol. The van der Waals surface area contributed by atoms with Gasteiger partial charge in [-0.25, -0.2) is 18.4 Å². The highest BCUT2D eigenvalue weighted by molar-refractivity contribution is 7.92. The fourth-order valence-corrected chi connectivity index (χ4v) is 10.6. The van der Waals surface area contributed by atoms with Crippen LogP contribution in [0.2, 0.25) is 5.02 Å². The Morgan fingerprint density at radius 1 is 0.937 bits per heavy atom. The van der Waals surface area contributed by atoms with E-state index in [0.717, 1.165) is 61.6 Å². The normalized spacial score (nSPS) is 18.8. The molecule has 17 heteroatoms. The van der Waals surface area contributed by atoms with Crippen LogP contribution >= 0.6 is 11.6 Å². The number of methoxy groups -OCH3 is 1.